The molecular formula is C18H25NO2. The molecule has 2 rings (SSSR count). The molecule has 0 aromatic heterocycles. The van der Waals surface area contributed by atoms with E-state index in [1.54, 1.807) is 12.1 Å². The first kappa shape index (κ1) is 15.8. The molecule has 0 aliphatic rings. The largest absolute Gasteiger partial charge is 0.508 e. The third kappa shape index (κ3) is 3.20. The van der Waals surface area contributed by atoms with Gasteiger partial charge < -0.3 is 15.1 Å². The maximum Gasteiger partial charge on any atom is 0.116 e. The summed E-state index contributed by atoms with van der Waals surface area (Å²) in [6.45, 7) is 4.94. The summed E-state index contributed by atoms with van der Waals surface area (Å²) in [6.07, 6.45) is 0.672. The van der Waals surface area contributed by atoms with Gasteiger partial charge in [0.15, 0.2) is 0 Å². The van der Waals surface area contributed by atoms with Crippen molar-refractivity contribution in [3.05, 3.63) is 42.0 Å². The Morgan fingerprint density at radius 3 is 2.33 bits per heavy atom. The number of hydrogen-bond donors (Lipinski definition) is 2. The lowest BCUT2D eigenvalue weighted by Gasteiger charge is -2.35. The van der Waals surface area contributed by atoms with Gasteiger partial charge in [-0.1, -0.05) is 32.0 Å². The molecular weight excluding hydrogens is 262 g/mol. The fourth-order valence-corrected chi connectivity index (χ4v) is 3.04. The minimum atomic E-state index is -0.837. The van der Waals surface area contributed by atoms with Crippen LogP contribution in [0.25, 0.3) is 10.8 Å². The molecule has 0 saturated carbocycles. The average molecular weight is 287 g/mol. The summed E-state index contributed by atoms with van der Waals surface area (Å²) in [6, 6.07) is 11.3. The number of aromatic hydroxyl groups is 1. The van der Waals surface area contributed by atoms with Crippen molar-refractivity contribution in [1.82, 2.24) is 4.90 Å². The van der Waals surface area contributed by atoms with E-state index < -0.39 is 5.60 Å². The van der Waals surface area contributed by atoms with Gasteiger partial charge in [0.05, 0.1) is 5.60 Å². The van der Waals surface area contributed by atoms with E-state index in [4.69, 9.17) is 0 Å². The van der Waals surface area contributed by atoms with Gasteiger partial charge in [-0.15, -0.1) is 0 Å². The number of rotatable bonds is 5. The van der Waals surface area contributed by atoms with Crippen molar-refractivity contribution in [2.24, 2.45) is 5.92 Å². The second kappa shape index (κ2) is 6.04. The smallest absolute Gasteiger partial charge is 0.116 e. The van der Waals surface area contributed by atoms with Gasteiger partial charge in [-0.2, -0.15) is 0 Å². The maximum absolute atomic E-state index is 11.1. The monoisotopic (exact) mass is 287 g/mol. The second-order valence-electron chi connectivity index (χ2n) is 6.19. The van der Waals surface area contributed by atoms with Crippen LogP contribution in [0.4, 0.5) is 0 Å². The topological polar surface area (TPSA) is 43.7 Å². The molecule has 0 aliphatic carbocycles. The van der Waals surface area contributed by atoms with Gasteiger partial charge in [0.2, 0.25) is 0 Å². The Balaban J connectivity index is 2.44. The highest BCUT2D eigenvalue weighted by Gasteiger charge is 2.34. The van der Waals surface area contributed by atoms with Crippen LogP contribution in [0, 0.1) is 5.92 Å². The molecule has 0 fully saturated rings. The molecule has 0 radical (unpaired) electrons. The minimum absolute atomic E-state index is 0.132. The highest BCUT2D eigenvalue weighted by Crippen LogP contribution is 2.35. The first-order chi connectivity index (χ1) is 9.86. The molecule has 21 heavy (non-hydrogen) atoms. The summed E-state index contributed by atoms with van der Waals surface area (Å²) in [5.74, 6) is 0.397. The van der Waals surface area contributed by atoms with Crippen LogP contribution < -0.4 is 0 Å². The molecule has 114 valence electrons. The number of aliphatic hydroxyl groups is 1. The summed E-state index contributed by atoms with van der Waals surface area (Å²) in [5, 5.41) is 22.7. The molecule has 2 N–H and O–H groups in total. The lowest BCUT2D eigenvalue weighted by molar-refractivity contribution is -0.0290. The van der Waals surface area contributed by atoms with Crippen LogP contribution in [-0.2, 0) is 5.60 Å². The van der Waals surface area contributed by atoms with Gasteiger partial charge in [0.1, 0.15) is 5.75 Å². The molecule has 0 bridgehead atoms. The van der Waals surface area contributed by atoms with E-state index in [1.165, 1.54) is 0 Å². The van der Waals surface area contributed by atoms with Crippen LogP contribution in [0.1, 0.15) is 25.8 Å². The summed E-state index contributed by atoms with van der Waals surface area (Å²) < 4.78 is 0. The standard InChI is InChI=1S/C18H25NO2/c1-5-18(21,13(2)12-19(3)4)16-8-6-15-11-17(20)9-7-14(15)10-16/h6-11,13,20-21H,5,12H2,1-4H3/t13-,18?/m0/s1. The van der Waals surface area contributed by atoms with E-state index >= 15 is 0 Å². The molecule has 0 aliphatic heterocycles. The van der Waals surface area contributed by atoms with Crippen molar-refractivity contribution in [1.29, 1.82) is 0 Å². The highest BCUT2D eigenvalue weighted by molar-refractivity contribution is 5.84. The fraction of sp³-hybridized carbons (Fsp3) is 0.444. The SMILES string of the molecule is CCC(O)(c1ccc2cc(O)ccc2c1)[C@@H](C)CN(C)C. The van der Waals surface area contributed by atoms with Gasteiger partial charge in [0, 0.05) is 12.5 Å². The van der Waals surface area contributed by atoms with Gasteiger partial charge in [0.25, 0.3) is 0 Å². The Morgan fingerprint density at radius 2 is 1.71 bits per heavy atom. The fourth-order valence-electron chi connectivity index (χ4n) is 3.04. The third-order valence-electron chi connectivity index (χ3n) is 4.32. The Hall–Kier alpha value is -1.58. The predicted octanol–water partition coefficient (Wildman–Crippen LogP) is 3.34. The molecule has 0 heterocycles. The van der Waals surface area contributed by atoms with Crippen molar-refractivity contribution in [3.63, 3.8) is 0 Å². The average Bonchev–Trinajstić information content (AvgIpc) is 2.45. The number of phenols is 1. The second-order valence-corrected chi connectivity index (χ2v) is 6.19. The zero-order chi connectivity index (χ0) is 15.6. The zero-order valence-electron chi connectivity index (χ0n) is 13.3. The third-order valence-corrected chi connectivity index (χ3v) is 4.32. The summed E-state index contributed by atoms with van der Waals surface area (Å²) in [5.41, 5.74) is 0.105. The van der Waals surface area contributed by atoms with Gasteiger partial charge in [-0.3, -0.25) is 0 Å². The van der Waals surface area contributed by atoms with E-state index in [2.05, 4.69) is 11.8 Å². The maximum atomic E-state index is 11.1. The number of benzene rings is 2. The van der Waals surface area contributed by atoms with E-state index in [-0.39, 0.29) is 11.7 Å². The van der Waals surface area contributed by atoms with Crippen LogP contribution in [0.3, 0.4) is 0 Å². The Bertz CT molecular complexity index is 624. The Kier molecular flexibility index (Phi) is 4.55. The van der Waals surface area contributed by atoms with Crippen LogP contribution >= 0.6 is 0 Å². The van der Waals surface area contributed by atoms with Gasteiger partial charge in [-0.25, -0.2) is 0 Å². The van der Waals surface area contributed by atoms with Gasteiger partial charge >= 0.3 is 0 Å². The predicted molar refractivity (Wildman–Crippen MR) is 87.5 cm³/mol. The molecule has 0 amide bonds. The Labute approximate surface area is 126 Å². The molecule has 3 nitrogen and oxygen atoms in total. The van der Waals surface area contributed by atoms with E-state index in [9.17, 15) is 10.2 Å². The molecule has 2 aromatic rings. The van der Waals surface area contributed by atoms with Crippen molar-refractivity contribution in [2.75, 3.05) is 20.6 Å². The van der Waals surface area contributed by atoms with Crippen molar-refractivity contribution in [3.8, 4) is 5.75 Å². The molecule has 1 unspecified atom stereocenters. The first-order valence-corrected chi connectivity index (χ1v) is 7.47. The van der Waals surface area contributed by atoms with E-state index in [1.807, 2.05) is 45.3 Å². The van der Waals surface area contributed by atoms with Crippen LogP contribution in [0.2, 0.25) is 0 Å². The normalized spacial score (nSPS) is 16.1. The molecule has 0 saturated heterocycles. The van der Waals surface area contributed by atoms with Crippen LogP contribution in [-0.4, -0.2) is 35.8 Å². The van der Waals surface area contributed by atoms with E-state index in [0.29, 0.717) is 6.42 Å². The summed E-state index contributed by atoms with van der Waals surface area (Å²) in [7, 11) is 4.05. The summed E-state index contributed by atoms with van der Waals surface area (Å²) >= 11 is 0. The van der Waals surface area contributed by atoms with Gasteiger partial charge in [-0.05, 0) is 55.1 Å². The summed E-state index contributed by atoms with van der Waals surface area (Å²) in [4.78, 5) is 2.10. The van der Waals surface area contributed by atoms with E-state index in [0.717, 1.165) is 22.9 Å². The first-order valence-electron chi connectivity index (χ1n) is 7.47. The lowest BCUT2D eigenvalue weighted by atomic mass is 9.79. The molecule has 0 spiro atoms. The quantitative estimate of drug-likeness (QED) is 0.886. The molecule has 2 aromatic carbocycles. The van der Waals surface area contributed by atoms with Crippen molar-refractivity contribution in [2.45, 2.75) is 25.9 Å². The number of phenolic OH excluding ortho intramolecular Hbond substituents is 1. The highest BCUT2D eigenvalue weighted by atomic mass is 16.3. The number of hydrogen-bond acceptors (Lipinski definition) is 3. The van der Waals surface area contributed by atoms with Crippen LogP contribution in [0.15, 0.2) is 36.4 Å². The molecule has 2 atom stereocenters. The number of nitrogens with zero attached hydrogens (tertiary/aromatic N) is 1. The lowest BCUT2D eigenvalue weighted by Crippen LogP contribution is -2.38. The minimum Gasteiger partial charge on any atom is -0.508 e. The number of fused-ring (bicyclic) bond motifs is 1. The molecule has 3 heteroatoms. The zero-order valence-corrected chi connectivity index (χ0v) is 13.3. The van der Waals surface area contributed by atoms with Crippen LogP contribution in [0.5, 0.6) is 5.75 Å². The Morgan fingerprint density at radius 1 is 1.10 bits per heavy atom. The van der Waals surface area contributed by atoms with Crippen molar-refractivity contribution >= 4 is 10.8 Å². The van der Waals surface area contributed by atoms with Crippen molar-refractivity contribution < 1.29 is 10.2 Å².